The second-order valence-electron chi connectivity index (χ2n) is 3.49. The predicted octanol–water partition coefficient (Wildman–Crippen LogP) is 2.84. The summed E-state index contributed by atoms with van der Waals surface area (Å²) in [5.41, 5.74) is 0.0277. The molecule has 0 aliphatic heterocycles. The summed E-state index contributed by atoms with van der Waals surface area (Å²) >= 11 is 6.73. The van der Waals surface area contributed by atoms with Crippen LogP contribution < -0.4 is 5.56 Å². The first-order chi connectivity index (χ1) is 7.13. The van der Waals surface area contributed by atoms with Crippen molar-refractivity contribution in [1.29, 1.82) is 0 Å². The van der Waals surface area contributed by atoms with Crippen molar-refractivity contribution in [3.05, 3.63) is 26.1 Å². The van der Waals surface area contributed by atoms with Crippen LogP contribution in [0.1, 0.15) is 18.2 Å². The quantitative estimate of drug-likeness (QED) is 0.820. The Hall–Kier alpha value is -0.940. The molecule has 2 aromatic heterocycles. The first-order valence-corrected chi connectivity index (χ1v) is 6.09. The molecule has 0 amide bonds. The van der Waals surface area contributed by atoms with Gasteiger partial charge in [-0.25, -0.2) is 0 Å². The van der Waals surface area contributed by atoms with E-state index in [1.807, 2.05) is 19.9 Å². The summed E-state index contributed by atoms with van der Waals surface area (Å²) in [4.78, 5) is 17.1. The maximum atomic E-state index is 12.0. The number of rotatable bonds is 2. The van der Waals surface area contributed by atoms with E-state index in [0.29, 0.717) is 11.3 Å². The lowest BCUT2D eigenvalue weighted by Gasteiger charge is -2.03. The molecular formula is C10H12N2OS2. The number of fused-ring (bicyclic) bond motifs is 1. The highest BCUT2D eigenvalue weighted by Crippen LogP contribution is 2.19. The van der Waals surface area contributed by atoms with Gasteiger partial charge in [-0.05, 0) is 31.6 Å². The van der Waals surface area contributed by atoms with Gasteiger partial charge in [-0.3, -0.25) is 9.36 Å². The molecule has 2 heterocycles. The Kier molecular flexibility index (Phi) is 2.75. The largest absolute Gasteiger partial charge is 0.323 e. The van der Waals surface area contributed by atoms with E-state index in [0.717, 1.165) is 21.5 Å². The lowest BCUT2D eigenvalue weighted by Crippen LogP contribution is -2.21. The summed E-state index contributed by atoms with van der Waals surface area (Å²) in [6, 6.07) is 1.92. The van der Waals surface area contributed by atoms with Crippen LogP contribution in [-0.2, 0) is 6.54 Å². The van der Waals surface area contributed by atoms with Crippen molar-refractivity contribution < 1.29 is 0 Å². The SMILES string of the molecule is CCCn1c(=S)[nH]c2sc(C)cc2c1=O. The first-order valence-electron chi connectivity index (χ1n) is 4.86. The second kappa shape index (κ2) is 3.90. The average Bonchev–Trinajstić information content (AvgIpc) is 2.53. The lowest BCUT2D eigenvalue weighted by atomic mass is 10.3. The van der Waals surface area contributed by atoms with Gasteiger partial charge >= 0.3 is 0 Å². The molecule has 0 aliphatic rings. The summed E-state index contributed by atoms with van der Waals surface area (Å²) in [7, 11) is 0. The Balaban J connectivity index is 2.83. The van der Waals surface area contributed by atoms with Crippen LogP contribution in [0.4, 0.5) is 0 Å². The van der Waals surface area contributed by atoms with Gasteiger partial charge in [-0.1, -0.05) is 6.92 Å². The minimum Gasteiger partial charge on any atom is -0.323 e. The molecule has 1 N–H and O–H groups in total. The van der Waals surface area contributed by atoms with E-state index in [1.165, 1.54) is 0 Å². The number of thiophene rings is 1. The van der Waals surface area contributed by atoms with Crippen LogP contribution in [0.3, 0.4) is 0 Å². The third kappa shape index (κ3) is 1.77. The predicted molar refractivity (Wildman–Crippen MR) is 66.3 cm³/mol. The molecule has 2 aromatic rings. The van der Waals surface area contributed by atoms with Crippen LogP contribution in [0.25, 0.3) is 10.2 Å². The molecule has 0 saturated heterocycles. The highest BCUT2D eigenvalue weighted by atomic mass is 32.1. The number of hydrogen-bond donors (Lipinski definition) is 1. The van der Waals surface area contributed by atoms with Crippen molar-refractivity contribution in [2.24, 2.45) is 0 Å². The molecule has 2 rings (SSSR count). The van der Waals surface area contributed by atoms with Crippen molar-refractivity contribution in [3.8, 4) is 0 Å². The maximum Gasteiger partial charge on any atom is 0.263 e. The van der Waals surface area contributed by atoms with Crippen molar-refractivity contribution in [2.75, 3.05) is 0 Å². The second-order valence-corrected chi connectivity index (χ2v) is 5.13. The summed E-state index contributed by atoms with van der Waals surface area (Å²) in [5.74, 6) is 0. The molecule has 0 fully saturated rings. The zero-order valence-electron chi connectivity index (χ0n) is 8.66. The molecular weight excluding hydrogens is 228 g/mol. The van der Waals surface area contributed by atoms with E-state index in [4.69, 9.17) is 12.2 Å². The van der Waals surface area contributed by atoms with E-state index >= 15 is 0 Å². The summed E-state index contributed by atoms with van der Waals surface area (Å²) in [5, 5.41) is 0.750. The Morgan fingerprint density at radius 1 is 1.60 bits per heavy atom. The van der Waals surface area contributed by atoms with E-state index < -0.39 is 0 Å². The lowest BCUT2D eigenvalue weighted by molar-refractivity contribution is 0.639. The third-order valence-electron chi connectivity index (χ3n) is 2.24. The molecule has 0 spiro atoms. The number of hydrogen-bond acceptors (Lipinski definition) is 3. The highest BCUT2D eigenvalue weighted by Gasteiger charge is 2.07. The number of aryl methyl sites for hydroxylation is 1. The molecule has 0 unspecified atom stereocenters. The topological polar surface area (TPSA) is 37.8 Å². The summed E-state index contributed by atoms with van der Waals surface area (Å²) in [6.45, 7) is 4.70. The van der Waals surface area contributed by atoms with Gasteiger partial charge in [0, 0.05) is 11.4 Å². The average molecular weight is 240 g/mol. The Labute approximate surface area is 96.4 Å². The number of aromatic amines is 1. The number of aromatic nitrogens is 2. The van der Waals surface area contributed by atoms with Crippen LogP contribution in [0.15, 0.2) is 10.9 Å². The van der Waals surface area contributed by atoms with Gasteiger partial charge in [0.15, 0.2) is 4.77 Å². The van der Waals surface area contributed by atoms with E-state index in [1.54, 1.807) is 15.9 Å². The zero-order valence-corrected chi connectivity index (χ0v) is 10.3. The first kappa shape index (κ1) is 10.6. The molecule has 80 valence electrons. The molecule has 0 atom stereocenters. The fraction of sp³-hybridized carbons (Fsp3) is 0.400. The summed E-state index contributed by atoms with van der Waals surface area (Å²) in [6.07, 6.45) is 0.909. The molecule has 15 heavy (non-hydrogen) atoms. The third-order valence-corrected chi connectivity index (χ3v) is 3.53. The van der Waals surface area contributed by atoms with E-state index in [-0.39, 0.29) is 5.56 Å². The van der Waals surface area contributed by atoms with Crippen LogP contribution in [-0.4, -0.2) is 9.55 Å². The van der Waals surface area contributed by atoms with Crippen LogP contribution >= 0.6 is 23.6 Å². The van der Waals surface area contributed by atoms with Crippen molar-refractivity contribution in [2.45, 2.75) is 26.8 Å². The monoisotopic (exact) mass is 240 g/mol. The van der Waals surface area contributed by atoms with Crippen LogP contribution in [0, 0.1) is 11.7 Å². The maximum absolute atomic E-state index is 12.0. The summed E-state index contributed by atoms with van der Waals surface area (Å²) < 4.78 is 2.15. The van der Waals surface area contributed by atoms with Crippen molar-refractivity contribution in [3.63, 3.8) is 0 Å². The van der Waals surface area contributed by atoms with Gasteiger partial charge in [0.2, 0.25) is 0 Å². The van der Waals surface area contributed by atoms with Gasteiger partial charge in [-0.15, -0.1) is 11.3 Å². The zero-order chi connectivity index (χ0) is 11.0. The fourth-order valence-electron chi connectivity index (χ4n) is 1.59. The molecule has 0 bridgehead atoms. The molecule has 3 nitrogen and oxygen atoms in total. The van der Waals surface area contributed by atoms with Gasteiger partial charge in [0.25, 0.3) is 5.56 Å². The molecule has 0 radical (unpaired) electrons. The molecule has 0 aromatic carbocycles. The fourth-order valence-corrected chi connectivity index (χ4v) is 2.84. The van der Waals surface area contributed by atoms with Gasteiger partial charge < -0.3 is 4.98 Å². The Morgan fingerprint density at radius 2 is 2.33 bits per heavy atom. The molecule has 0 saturated carbocycles. The molecule has 0 aliphatic carbocycles. The van der Waals surface area contributed by atoms with Crippen LogP contribution in [0.2, 0.25) is 0 Å². The Bertz CT molecular complexity index is 606. The van der Waals surface area contributed by atoms with E-state index in [9.17, 15) is 4.79 Å². The standard InChI is InChI=1S/C10H12N2OS2/c1-3-4-12-9(13)7-5-6(2)15-8(7)11-10(12)14/h5H,3-4H2,1-2H3,(H,11,14). The van der Waals surface area contributed by atoms with Gasteiger partial charge in [0.1, 0.15) is 4.83 Å². The minimum atomic E-state index is 0.0277. The number of nitrogens with zero attached hydrogens (tertiary/aromatic N) is 1. The molecule has 5 heteroatoms. The van der Waals surface area contributed by atoms with Gasteiger partial charge in [-0.2, -0.15) is 0 Å². The number of H-pyrrole nitrogens is 1. The normalized spacial score (nSPS) is 11.1. The van der Waals surface area contributed by atoms with Crippen molar-refractivity contribution >= 4 is 33.8 Å². The van der Waals surface area contributed by atoms with Gasteiger partial charge in [0.05, 0.1) is 5.39 Å². The minimum absolute atomic E-state index is 0.0277. The van der Waals surface area contributed by atoms with Crippen LogP contribution in [0.5, 0.6) is 0 Å². The van der Waals surface area contributed by atoms with E-state index in [2.05, 4.69) is 4.98 Å². The number of nitrogens with one attached hydrogen (secondary N) is 1. The Morgan fingerprint density at radius 3 is 3.00 bits per heavy atom. The highest BCUT2D eigenvalue weighted by molar-refractivity contribution is 7.71. The smallest absolute Gasteiger partial charge is 0.263 e. The van der Waals surface area contributed by atoms with Crippen molar-refractivity contribution in [1.82, 2.24) is 9.55 Å².